The number of halogens is 1. The number of amides is 3. The standard InChI is InChI=1S/C14H15BrN2O5/c1-21-11-5-2-8(6-10(11)15)13(19)22-7-12(18)17-14(20)16-9-3-4-9/h2,5-6,9H,3-4,7H2,1H3,(H2,16,17,18,20). The first kappa shape index (κ1) is 16.3. The van der Waals surface area contributed by atoms with Crippen LogP contribution in [0.3, 0.4) is 0 Å². The zero-order chi connectivity index (χ0) is 16.1. The molecular formula is C14H15BrN2O5. The van der Waals surface area contributed by atoms with Crippen LogP contribution in [0.2, 0.25) is 0 Å². The minimum absolute atomic E-state index is 0.145. The zero-order valence-electron chi connectivity index (χ0n) is 11.8. The fraction of sp³-hybridized carbons (Fsp3) is 0.357. The second-order valence-corrected chi connectivity index (χ2v) is 5.58. The molecule has 118 valence electrons. The topological polar surface area (TPSA) is 93.7 Å². The largest absolute Gasteiger partial charge is 0.496 e. The van der Waals surface area contributed by atoms with Gasteiger partial charge in [0.15, 0.2) is 6.61 Å². The number of ether oxygens (including phenoxy) is 2. The molecule has 0 heterocycles. The average molecular weight is 371 g/mol. The first-order valence-corrected chi connectivity index (χ1v) is 7.40. The van der Waals surface area contributed by atoms with E-state index in [1.54, 1.807) is 6.07 Å². The summed E-state index contributed by atoms with van der Waals surface area (Å²) in [6, 6.07) is 4.22. The lowest BCUT2D eigenvalue weighted by molar-refractivity contribution is -0.123. The predicted molar refractivity (Wildman–Crippen MR) is 80.7 cm³/mol. The molecule has 0 radical (unpaired) electrons. The Morgan fingerprint density at radius 2 is 2.05 bits per heavy atom. The maximum absolute atomic E-state index is 11.8. The van der Waals surface area contributed by atoms with Gasteiger partial charge in [-0.2, -0.15) is 0 Å². The van der Waals surface area contributed by atoms with Crippen molar-refractivity contribution in [3.05, 3.63) is 28.2 Å². The molecule has 2 N–H and O–H groups in total. The second kappa shape index (κ2) is 7.26. The summed E-state index contributed by atoms with van der Waals surface area (Å²) < 4.78 is 10.5. The highest BCUT2D eigenvalue weighted by atomic mass is 79.9. The van der Waals surface area contributed by atoms with Crippen molar-refractivity contribution in [2.24, 2.45) is 0 Å². The van der Waals surface area contributed by atoms with Crippen LogP contribution in [0.1, 0.15) is 23.2 Å². The van der Waals surface area contributed by atoms with Crippen LogP contribution in [-0.4, -0.2) is 37.7 Å². The molecule has 3 amide bonds. The number of carbonyl (C=O) groups excluding carboxylic acids is 3. The van der Waals surface area contributed by atoms with Crippen LogP contribution in [0.15, 0.2) is 22.7 Å². The SMILES string of the molecule is COc1ccc(C(=O)OCC(=O)NC(=O)NC2CC2)cc1Br. The first-order valence-electron chi connectivity index (χ1n) is 6.60. The molecule has 1 saturated carbocycles. The molecule has 0 aliphatic heterocycles. The molecule has 1 aromatic rings. The van der Waals surface area contributed by atoms with Gasteiger partial charge in [0.2, 0.25) is 0 Å². The van der Waals surface area contributed by atoms with Crippen molar-refractivity contribution in [1.82, 2.24) is 10.6 Å². The van der Waals surface area contributed by atoms with Crippen LogP contribution >= 0.6 is 15.9 Å². The molecule has 0 aromatic heterocycles. The highest BCUT2D eigenvalue weighted by Crippen LogP contribution is 2.25. The smallest absolute Gasteiger partial charge is 0.338 e. The minimum Gasteiger partial charge on any atom is -0.496 e. The molecule has 1 aromatic carbocycles. The van der Waals surface area contributed by atoms with E-state index in [0.29, 0.717) is 10.2 Å². The molecule has 0 bridgehead atoms. The monoisotopic (exact) mass is 370 g/mol. The van der Waals surface area contributed by atoms with Gasteiger partial charge in [0.25, 0.3) is 5.91 Å². The van der Waals surface area contributed by atoms with E-state index in [-0.39, 0.29) is 11.6 Å². The van der Waals surface area contributed by atoms with Crippen molar-refractivity contribution in [2.45, 2.75) is 18.9 Å². The zero-order valence-corrected chi connectivity index (χ0v) is 13.4. The number of esters is 1. The number of carbonyl (C=O) groups is 3. The van der Waals surface area contributed by atoms with Crippen molar-refractivity contribution in [3.8, 4) is 5.75 Å². The Bertz CT molecular complexity index is 601. The Kier molecular flexibility index (Phi) is 5.37. The van der Waals surface area contributed by atoms with Gasteiger partial charge in [-0.3, -0.25) is 10.1 Å². The van der Waals surface area contributed by atoms with E-state index in [4.69, 9.17) is 9.47 Å². The van der Waals surface area contributed by atoms with Crippen molar-refractivity contribution in [1.29, 1.82) is 0 Å². The van der Waals surface area contributed by atoms with Gasteiger partial charge in [-0.15, -0.1) is 0 Å². The number of hydrogen-bond acceptors (Lipinski definition) is 5. The van der Waals surface area contributed by atoms with E-state index in [2.05, 4.69) is 26.6 Å². The normalized spacial score (nSPS) is 13.2. The molecule has 22 heavy (non-hydrogen) atoms. The van der Waals surface area contributed by atoms with Crippen molar-refractivity contribution in [3.63, 3.8) is 0 Å². The third-order valence-corrected chi connectivity index (χ3v) is 3.51. The molecule has 0 atom stereocenters. The molecule has 7 nitrogen and oxygen atoms in total. The van der Waals surface area contributed by atoms with Gasteiger partial charge in [-0.05, 0) is 47.0 Å². The van der Waals surface area contributed by atoms with Gasteiger partial charge >= 0.3 is 12.0 Å². The van der Waals surface area contributed by atoms with E-state index in [9.17, 15) is 14.4 Å². The molecule has 1 aliphatic carbocycles. The predicted octanol–water partition coefficient (Wildman–Crippen LogP) is 1.60. The van der Waals surface area contributed by atoms with E-state index >= 15 is 0 Å². The van der Waals surface area contributed by atoms with Crippen molar-refractivity contribution >= 4 is 33.8 Å². The number of imide groups is 1. The molecule has 1 aliphatic rings. The van der Waals surface area contributed by atoms with Gasteiger partial charge in [0.05, 0.1) is 17.1 Å². The van der Waals surface area contributed by atoms with E-state index in [1.165, 1.54) is 19.2 Å². The quantitative estimate of drug-likeness (QED) is 0.767. The molecule has 2 rings (SSSR count). The summed E-state index contributed by atoms with van der Waals surface area (Å²) in [5, 5.41) is 4.69. The van der Waals surface area contributed by atoms with Crippen LogP contribution in [-0.2, 0) is 9.53 Å². The summed E-state index contributed by atoms with van der Waals surface area (Å²) in [5.74, 6) is -0.772. The number of rotatable bonds is 5. The Balaban J connectivity index is 1.80. The maximum atomic E-state index is 11.8. The summed E-state index contributed by atoms with van der Waals surface area (Å²) >= 11 is 3.25. The van der Waals surface area contributed by atoms with Crippen LogP contribution in [0.4, 0.5) is 4.79 Å². The Morgan fingerprint density at radius 3 is 2.64 bits per heavy atom. The molecule has 0 spiro atoms. The molecule has 1 fully saturated rings. The number of hydrogen-bond donors (Lipinski definition) is 2. The summed E-state index contributed by atoms with van der Waals surface area (Å²) in [7, 11) is 1.51. The number of nitrogens with one attached hydrogen (secondary N) is 2. The van der Waals surface area contributed by atoms with Gasteiger partial charge in [0, 0.05) is 6.04 Å². The molecular weight excluding hydrogens is 356 g/mol. The molecule has 0 saturated heterocycles. The summed E-state index contributed by atoms with van der Waals surface area (Å²) in [4.78, 5) is 34.6. The van der Waals surface area contributed by atoms with Crippen LogP contribution in [0.5, 0.6) is 5.75 Å². The van der Waals surface area contributed by atoms with Crippen molar-refractivity contribution in [2.75, 3.05) is 13.7 Å². The van der Waals surface area contributed by atoms with Gasteiger partial charge in [0.1, 0.15) is 5.75 Å². The third-order valence-electron chi connectivity index (χ3n) is 2.89. The van der Waals surface area contributed by atoms with E-state index in [0.717, 1.165) is 12.8 Å². The van der Waals surface area contributed by atoms with E-state index in [1.807, 2.05) is 0 Å². The van der Waals surface area contributed by atoms with Crippen molar-refractivity contribution < 1.29 is 23.9 Å². The number of methoxy groups -OCH3 is 1. The molecule has 8 heteroatoms. The lowest BCUT2D eigenvalue weighted by Crippen LogP contribution is -2.42. The van der Waals surface area contributed by atoms with Crippen LogP contribution in [0, 0.1) is 0 Å². The highest BCUT2D eigenvalue weighted by molar-refractivity contribution is 9.10. The Morgan fingerprint density at radius 1 is 1.32 bits per heavy atom. The average Bonchev–Trinajstić information content (AvgIpc) is 3.28. The third kappa shape index (κ3) is 4.73. The first-order chi connectivity index (χ1) is 10.5. The Hall–Kier alpha value is -2.09. The fourth-order valence-electron chi connectivity index (χ4n) is 1.62. The number of benzene rings is 1. The fourth-order valence-corrected chi connectivity index (χ4v) is 2.16. The lowest BCUT2D eigenvalue weighted by Gasteiger charge is -2.08. The lowest BCUT2D eigenvalue weighted by atomic mass is 10.2. The van der Waals surface area contributed by atoms with Gasteiger partial charge < -0.3 is 14.8 Å². The summed E-state index contributed by atoms with van der Waals surface area (Å²) in [5.41, 5.74) is 0.267. The summed E-state index contributed by atoms with van der Waals surface area (Å²) in [6.07, 6.45) is 1.84. The Labute approximate surface area is 135 Å². The second-order valence-electron chi connectivity index (χ2n) is 4.72. The molecule has 0 unspecified atom stereocenters. The van der Waals surface area contributed by atoms with Crippen LogP contribution < -0.4 is 15.4 Å². The van der Waals surface area contributed by atoms with Gasteiger partial charge in [-0.1, -0.05) is 0 Å². The van der Waals surface area contributed by atoms with Crippen LogP contribution in [0.25, 0.3) is 0 Å². The minimum atomic E-state index is -0.681. The highest BCUT2D eigenvalue weighted by Gasteiger charge is 2.24. The maximum Gasteiger partial charge on any atom is 0.338 e. The summed E-state index contributed by atoms with van der Waals surface area (Å²) in [6.45, 7) is -0.527. The number of urea groups is 1. The van der Waals surface area contributed by atoms with E-state index < -0.39 is 24.5 Å². The van der Waals surface area contributed by atoms with Gasteiger partial charge in [-0.25, -0.2) is 9.59 Å².